The molecule has 2 heterocycles. The molecule has 0 saturated heterocycles. The van der Waals surface area contributed by atoms with Gasteiger partial charge < -0.3 is 4.98 Å². The lowest BCUT2D eigenvalue weighted by Gasteiger charge is -2.27. The summed E-state index contributed by atoms with van der Waals surface area (Å²) < 4.78 is 13.0. The Hall–Kier alpha value is -2.01. The maximum absolute atomic E-state index is 13.0. The first-order valence-corrected chi connectivity index (χ1v) is 7.78. The zero-order valence-electron chi connectivity index (χ0n) is 12.3. The van der Waals surface area contributed by atoms with E-state index in [1.54, 1.807) is 12.1 Å². The molecule has 2 aromatic rings. The highest BCUT2D eigenvalue weighted by Crippen LogP contribution is 2.37. The summed E-state index contributed by atoms with van der Waals surface area (Å²) >= 11 is 0. The number of aromatic nitrogens is 2. The van der Waals surface area contributed by atoms with E-state index in [-0.39, 0.29) is 11.4 Å². The van der Waals surface area contributed by atoms with Crippen LogP contribution in [0.2, 0.25) is 0 Å². The monoisotopic (exact) mass is 299 g/mol. The predicted molar refractivity (Wildman–Crippen MR) is 81.1 cm³/mol. The lowest BCUT2D eigenvalue weighted by atomic mass is 10.1. The molecule has 0 unspecified atom stereocenters. The minimum atomic E-state index is -0.221. The van der Waals surface area contributed by atoms with E-state index in [0.29, 0.717) is 12.5 Å². The molecule has 1 saturated carbocycles. The Kier molecular flexibility index (Phi) is 3.30. The van der Waals surface area contributed by atoms with E-state index in [9.17, 15) is 9.18 Å². The van der Waals surface area contributed by atoms with Crippen molar-refractivity contribution < 1.29 is 4.39 Å². The number of hydrogen-bond donors (Lipinski definition) is 1. The van der Waals surface area contributed by atoms with Crippen molar-refractivity contribution in [1.29, 1.82) is 0 Å². The summed E-state index contributed by atoms with van der Waals surface area (Å²) in [6.45, 7) is 2.22. The van der Waals surface area contributed by atoms with Crippen LogP contribution in [-0.4, -0.2) is 21.4 Å². The van der Waals surface area contributed by atoms with Crippen LogP contribution in [0.3, 0.4) is 0 Å². The molecule has 1 N–H and O–H groups in total. The number of aromatic amines is 1. The summed E-state index contributed by atoms with van der Waals surface area (Å²) in [6.07, 6.45) is 3.08. The fourth-order valence-corrected chi connectivity index (χ4v) is 3.03. The van der Waals surface area contributed by atoms with Gasteiger partial charge in [-0.25, -0.2) is 9.37 Å². The Balaban J connectivity index is 1.53. The normalized spacial score (nSPS) is 18.2. The van der Waals surface area contributed by atoms with Gasteiger partial charge in [0.1, 0.15) is 11.6 Å². The topological polar surface area (TPSA) is 49.0 Å². The Labute approximate surface area is 128 Å². The Bertz CT molecular complexity index is 749. The maximum atomic E-state index is 13.0. The second kappa shape index (κ2) is 5.32. The third-order valence-corrected chi connectivity index (χ3v) is 4.45. The van der Waals surface area contributed by atoms with Crippen LogP contribution in [0.25, 0.3) is 0 Å². The molecule has 0 atom stereocenters. The van der Waals surface area contributed by atoms with Gasteiger partial charge >= 0.3 is 0 Å². The molecule has 1 aromatic heterocycles. The molecular weight excluding hydrogens is 281 g/mol. The number of nitrogens with zero attached hydrogens (tertiary/aromatic N) is 2. The molecule has 1 fully saturated rings. The standard InChI is InChI=1S/C17H18FN3O/c18-13-5-1-11(2-6-13)9-21-8-7-15-14(10-21)17(22)20-16(19-15)12-3-4-12/h1-2,5-6,12H,3-4,7-10H2,(H,19,20,22). The smallest absolute Gasteiger partial charge is 0.255 e. The third kappa shape index (κ3) is 2.68. The molecule has 0 radical (unpaired) electrons. The van der Waals surface area contributed by atoms with Crippen LogP contribution in [0.4, 0.5) is 4.39 Å². The summed E-state index contributed by atoms with van der Waals surface area (Å²) in [5, 5.41) is 0. The number of rotatable bonds is 3. The van der Waals surface area contributed by atoms with E-state index in [4.69, 9.17) is 0 Å². The second-order valence-electron chi connectivity index (χ2n) is 6.24. The van der Waals surface area contributed by atoms with Crippen LogP contribution in [0.5, 0.6) is 0 Å². The molecule has 2 aliphatic rings. The van der Waals surface area contributed by atoms with Crippen molar-refractivity contribution in [1.82, 2.24) is 14.9 Å². The van der Waals surface area contributed by atoms with E-state index >= 15 is 0 Å². The first-order valence-electron chi connectivity index (χ1n) is 7.78. The molecule has 0 amide bonds. The zero-order valence-corrected chi connectivity index (χ0v) is 12.3. The number of benzene rings is 1. The third-order valence-electron chi connectivity index (χ3n) is 4.45. The van der Waals surface area contributed by atoms with Gasteiger partial charge in [-0.2, -0.15) is 0 Å². The van der Waals surface area contributed by atoms with E-state index < -0.39 is 0 Å². The first kappa shape index (κ1) is 13.6. The lowest BCUT2D eigenvalue weighted by molar-refractivity contribution is 0.241. The quantitative estimate of drug-likeness (QED) is 0.946. The molecule has 114 valence electrons. The molecule has 1 aliphatic carbocycles. The van der Waals surface area contributed by atoms with Crippen LogP contribution < -0.4 is 5.56 Å². The van der Waals surface area contributed by atoms with Crippen molar-refractivity contribution in [3.05, 3.63) is 63.1 Å². The number of hydrogen-bond acceptors (Lipinski definition) is 3. The minimum absolute atomic E-state index is 0.00991. The van der Waals surface area contributed by atoms with Crippen molar-refractivity contribution in [3.63, 3.8) is 0 Å². The van der Waals surface area contributed by atoms with Crippen molar-refractivity contribution in [2.75, 3.05) is 6.54 Å². The summed E-state index contributed by atoms with van der Waals surface area (Å²) in [5.41, 5.74) is 2.82. The highest BCUT2D eigenvalue weighted by atomic mass is 19.1. The number of H-pyrrole nitrogens is 1. The second-order valence-corrected chi connectivity index (χ2v) is 6.24. The van der Waals surface area contributed by atoms with Gasteiger partial charge in [-0.1, -0.05) is 12.1 Å². The van der Waals surface area contributed by atoms with Crippen LogP contribution in [0.15, 0.2) is 29.1 Å². The molecule has 0 bridgehead atoms. The molecule has 1 aliphatic heterocycles. The fourth-order valence-electron chi connectivity index (χ4n) is 3.03. The van der Waals surface area contributed by atoms with Gasteiger partial charge in [-0.15, -0.1) is 0 Å². The summed E-state index contributed by atoms with van der Waals surface area (Å²) in [6, 6.07) is 6.54. The zero-order chi connectivity index (χ0) is 15.1. The van der Waals surface area contributed by atoms with Gasteiger partial charge in [0.05, 0.1) is 11.3 Å². The Morgan fingerprint density at radius 2 is 2.05 bits per heavy atom. The highest BCUT2D eigenvalue weighted by Gasteiger charge is 2.29. The predicted octanol–water partition coefficient (Wildman–Crippen LogP) is 2.34. The van der Waals surface area contributed by atoms with Gasteiger partial charge in [0.15, 0.2) is 0 Å². The first-order chi connectivity index (χ1) is 10.7. The Morgan fingerprint density at radius 3 is 2.77 bits per heavy atom. The maximum Gasteiger partial charge on any atom is 0.255 e. The summed E-state index contributed by atoms with van der Waals surface area (Å²) in [7, 11) is 0. The molecule has 4 rings (SSSR count). The molecule has 0 spiro atoms. The lowest BCUT2D eigenvalue weighted by Crippen LogP contribution is -2.35. The van der Waals surface area contributed by atoms with Gasteiger partial charge in [0, 0.05) is 32.0 Å². The number of fused-ring (bicyclic) bond motifs is 1. The summed E-state index contributed by atoms with van der Waals surface area (Å²) in [4.78, 5) is 22.1. The SMILES string of the molecule is O=c1[nH]c(C2CC2)nc2c1CN(Cc1ccc(F)cc1)CC2. The van der Waals surface area contributed by atoms with E-state index in [1.807, 2.05) is 0 Å². The average Bonchev–Trinajstić information content (AvgIpc) is 3.35. The van der Waals surface area contributed by atoms with Gasteiger partial charge in [0.2, 0.25) is 0 Å². The highest BCUT2D eigenvalue weighted by molar-refractivity contribution is 5.24. The van der Waals surface area contributed by atoms with E-state index in [2.05, 4.69) is 14.9 Å². The number of halogens is 1. The molecule has 1 aromatic carbocycles. The average molecular weight is 299 g/mol. The van der Waals surface area contributed by atoms with E-state index in [1.165, 1.54) is 12.1 Å². The van der Waals surface area contributed by atoms with Crippen LogP contribution in [0.1, 0.15) is 41.4 Å². The fraction of sp³-hybridized carbons (Fsp3) is 0.412. The minimum Gasteiger partial charge on any atom is -0.310 e. The number of nitrogens with one attached hydrogen (secondary N) is 1. The molecule has 22 heavy (non-hydrogen) atoms. The van der Waals surface area contributed by atoms with Gasteiger partial charge in [0.25, 0.3) is 5.56 Å². The van der Waals surface area contributed by atoms with Crippen molar-refractivity contribution in [2.24, 2.45) is 0 Å². The molecular formula is C17H18FN3O. The van der Waals surface area contributed by atoms with Crippen molar-refractivity contribution in [3.8, 4) is 0 Å². The summed E-state index contributed by atoms with van der Waals surface area (Å²) in [5.74, 6) is 1.12. The molecule has 5 heteroatoms. The van der Waals surface area contributed by atoms with E-state index in [0.717, 1.165) is 55.0 Å². The largest absolute Gasteiger partial charge is 0.310 e. The van der Waals surface area contributed by atoms with Gasteiger partial charge in [-0.3, -0.25) is 9.69 Å². The van der Waals surface area contributed by atoms with Crippen LogP contribution >= 0.6 is 0 Å². The van der Waals surface area contributed by atoms with Crippen molar-refractivity contribution >= 4 is 0 Å². The molecule has 4 nitrogen and oxygen atoms in total. The Morgan fingerprint density at radius 1 is 1.27 bits per heavy atom. The van der Waals surface area contributed by atoms with Gasteiger partial charge in [-0.05, 0) is 30.5 Å². The van der Waals surface area contributed by atoms with Crippen molar-refractivity contribution in [2.45, 2.75) is 38.3 Å². The van der Waals surface area contributed by atoms with Crippen LogP contribution in [-0.2, 0) is 19.5 Å². The van der Waals surface area contributed by atoms with Crippen LogP contribution in [0, 0.1) is 5.82 Å².